The number of hydrogen-bond acceptors (Lipinski definition) is 8. The van der Waals surface area contributed by atoms with E-state index >= 15 is 0 Å². The summed E-state index contributed by atoms with van der Waals surface area (Å²) in [6.45, 7) is 14.3. The molecule has 2 aromatic heterocycles. The maximum absolute atomic E-state index is 12.8. The highest BCUT2D eigenvalue weighted by Crippen LogP contribution is 2.23. The van der Waals surface area contributed by atoms with Crippen molar-refractivity contribution < 1.29 is 48.0 Å². The molecule has 0 aliphatic heterocycles. The topological polar surface area (TPSA) is 204 Å². The number of amides is 4. The van der Waals surface area contributed by atoms with Gasteiger partial charge in [0, 0.05) is 62.3 Å². The minimum Gasteiger partial charge on any atom is -0.539 e. The maximum Gasteiger partial charge on any atom is 0.504 e. The Morgan fingerprint density at radius 1 is 0.677 bits per heavy atom. The van der Waals surface area contributed by atoms with Gasteiger partial charge < -0.3 is 41.0 Å². The molecular weight excluding hydrogens is 790 g/mol. The van der Waals surface area contributed by atoms with E-state index < -0.39 is 14.8 Å². The van der Waals surface area contributed by atoms with Crippen LogP contribution in [-0.2, 0) is 45.4 Å². The number of imidazole rings is 2. The fraction of sp³-hybridized carbons (Fsp3) is 0.364. The van der Waals surface area contributed by atoms with E-state index in [1.807, 2.05) is 36.9 Å². The lowest BCUT2D eigenvalue weighted by molar-refractivity contribution is -0.667. The number of aryl methyl sites for hydroxylation is 2. The quantitative estimate of drug-likeness (QED) is 0.0191. The molecule has 0 aliphatic carbocycles. The highest BCUT2D eigenvalue weighted by molar-refractivity contribution is 6.58. The van der Waals surface area contributed by atoms with Crippen LogP contribution in [0.2, 0.25) is 0 Å². The van der Waals surface area contributed by atoms with Crippen LogP contribution in [0.3, 0.4) is 0 Å². The number of rotatable bonds is 25. The molecule has 0 spiro atoms. The third kappa shape index (κ3) is 13.6. The van der Waals surface area contributed by atoms with E-state index in [9.17, 15) is 34.3 Å². The number of benzene rings is 3. The van der Waals surface area contributed by atoms with Gasteiger partial charge in [-0.3, -0.25) is 19.2 Å². The highest BCUT2D eigenvalue weighted by Gasteiger charge is 2.25. The van der Waals surface area contributed by atoms with Crippen molar-refractivity contribution in [3.8, 4) is 5.75 Å². The summed E-state index contributed by atoms with van der Waals surface area (Å²) in [6, 6.07) is 19.0. The second-order valence-electron chi connectivity index (χ2n) is 15.4. The van der Waals surface area contributed by atoms with E-state index in [-0.39, 0.29) is 23.6 Å². The molecule has 0 bridgehead atoms. The Kier molecular flexibility index (Phi) is 17.5. The molecule has 4 amide bonds. The molecule has 2 heterocycles. The number of fused-ring (bicyclic) bond motifs is 2. The Balaban J connectivity index is 1.40. The summed E-state index contributed by atoms with van der Waals surface area (Å²) in [5.41, 5.74) is 6.85. The van der Waals surface area contributed by atoms with Crippen molar-refractivity contribution in [2.24, 2.45) is 0 Å². The number of carbonyl (C=O) groups excluding carboxylic acids is 4. The summed E-state index contributed by atoms with van der Waals surface area (Å²) < 4.78 is 13.9. The van der Waals surface area contributed by atoms with Gasteiger partial charge in [-0.1, -0.05) is 49.6 Å². The number of nitrogens with one attached hydrogen (secondary N) is 4. The highest BCUT2D eigenvalue weighted by atomic mass is 16.5. The molecule has 0 saturated carbocycles. The van der Waals surface area contributed by atoms with Gasteiger partial charge >= 0.3 is 14.8 Å². The standard InChI is InChI=1S/C44H56B2N8O8/c1-31(2)43(57)49-19-9-17-47-41(55)15-7-21-51-29-53(27-33-11-5-13-35(23-33)46(60)61)39-26-40-38(25-37(39)51)52(30-54(40)28-34-12-6-14-36(24-34)62-45-59)22-8-16-42(56)48-18-10-20-50-44(58)32(3)4/h5-6,11-14,23-26,29-30,45,59-61H,1,3,7-10,15-22,27-28H2,2,4H3,(H2-2,47,48,49,50,55,56,57,58)/p+2. The second kappa shape index (κ2) is 23.1. The van der Waals surface area contributed by atoms with Gasteiger partial charge in [-0.15, -0.1) is 0 Å². The van der Waals surface area contributed by atoms with Crippen LogP contribution in [0.1, 0.15) is 63.5 Å². The van der Waals surface area contributed by atoms with Crippen LogP contribution in [0, 0.1) is 0 Å². The first-order valence-corrected chi connectivity index (χ1v) is 21.0. The SMILES string of the molecule is C=C(C)C(=O)NCCCNC(=O)CCCn1c[n+](Cc2cccc(OBO)c2)c2cc3c(cc21)n(CCCC(=O)NCCCNC(=O)C(=C)C)c[n+]3Cc1cccc(B(O)O)c1. The summed E-state index contributed by atoms with van der Waals surface area (Å²) in [5.74, 6) is -0.0148. The summed E-state index contributed by atoms with van der Waals surface area (Å²) in [4.78, 5) is 49.1. The molecule has 0 unspecified atom stereocenters. The largest absolute Gasteiger partial charge is 0.539 e. The predicted molar refractivity (Wildman–Crippen MR) is 238 cm³/mol. The maximum atomic E-state index is 12.8. The smallest absolute Gasteiger partial charge is 0.504 e. The van der Waals surface area contributed by atoms with Crippen LogP contribution in [0.15, 0.2) is 97.6 Å². The van der Waals surface area contributed by atoms with Crippen LogP contribution < -0.4 is 40.5 Å². The molecule has 326 valence electrons. The van der Waals surface area contributed by atoms with Gasteiger partial charge in [-0.2, -0.15) is 0 Å². The Morgan fingerprint density at radius 3 is 1.65 bits per heavy atom. The second-order valence-corrected chi connectivity index (χ2v) is 15.4. The minimum absolute atomic E-state index is 0.0741. The van der Waals surface area contributed by atoms with E-state index in [1.54, 1.807) is 38.1 Å². The van der Waals surface area contributed by atoms with Crippen molar-refractivity contribution in [2.45, 2.75) is 78.6 Å². The predicted octanol–water partition coefficient (Wildman–Crippen LogP) is 0.543. The van der Waals surface area contributed by atoms with Crippen molar-refractivity contribution in [3.63, 3.8) is 0 Å². The van der Waals surface area contributed by atoms with Crippen LogP contribution >= 0.6 is 0 Å². The van der Waals surface area contributed by atoms with E-state index in [4.69, 9.17) is 4.65 Å². The molecule has 0 radical (unpaired) electrons. The fourth-order valence-corrected chi connectivity index (χ4v) is 7.06. The van der Waals surface area contributed by atoms with Gasteiger partial charge in [0.1, 0.15) is 18.8 Å². The van der Waals surface area contributed by atoms with Crippen molar-refractivity contribution in [2.75, 3.05) is 26.2 Å². The zero-order valence-corrected chi connectivity index (χ0v) is 35.7. The molecule has 5 aromatic rings. The zero-order valence-electron chi connectivity index (χ0n) is 35.7. The minimum atomic E-state index is -1.60. The van der Waals surface area contributed by atoms with Crippen molar-refractivity contribution in [1.82, 2.24) is 30.4 Å². The lowest BCUT2D eigenvalue weighted by Crippen LogP contribution is -2.36. The Labute approximate surface area is 362 Å². The molecule has 5 rings (SSSR count). The molecule has 0 fully saturated rings. The molecule has 0 aliphatic rings. The lowest BCUT2D eigenvalue weighted by atomic mass is 9.79. The van der Waals surface area contributed by atoms with Gasteiger partial charge in [-0.25, -0.2) is 18.3 Å². The van der Waals surface area contributed by atoms with Gasteiger partial charge in [0.15, 0.2) is 22.1 Å². The summed E-state index contributed by atoms with van der Waals surface area (Å²) in [7, 11) is -2.04. The lowest BCUT2D eigenvalue weighted by Gasteiger charge is -2.06. The first kappa shape index (κ1) is 46.8. The summed E-state index contributed by atoms with van der Waals surface area (Å²) >= 11 is 0. The molecule has 18 heteroatoms. The Morgan fingerprint density at radius 2 is 1.16 bits per heavy atom. The van der Waals surface area contributed by atoms with Crippen molar-refractivity contribution >= 4 is 66.0 Å². The fourth-order valence-electron chi connectivity index (χ4n) is 7.06. The van der Waals surface area contributed by atoms with Crippen LogP contribution in [0.25, 0.3) is 22.1 Å². The summed E-state index contributed by atoms with van der Waals surface area (Å²) in [6.07, 6.45) is 7.01. The number of hydrogen-bond donors (Lipinski definition) is 7. The molecule has 62 heavy (non-hydrogen) atoms. The van der Waals surface area contributed by atoms with Gasteiger partial charge in [0.2, 0.25) is 36.3 Å². The normalized spacial score (nSPS) is 11.0. The zero-order chi connectivity index (χ0) is 44.6. The van der Waals surface area contributed by atoms with E-state index in [0.717, 1.165) is 33.2 Å². The molecule has 16 nitrogen and oxygen atoms in total. The van der Waals surface area contributed by atoms with Gasteiger partial charge in [0.05, 0.1) is 13.1 Å². The average Bonchev–Trinajstić information content (AvgIpc) is 3.75. The third-order valence-corrected chi connectivity index (χ3v) is 10.3. The Hall–Kier alpha value is -6.23. The average molecular weight is 849 g/mol. The number of carbonyl (C=O) groups is 4. The molecule has 7 N–H and O–H groups in total. The molecule has 0 saturated heterocycles. The molecule has 3 aromatic carbocycles. The van der Waals surface area contributed by atoms with Crippen LogP contribution in [0.5, 0.6) is 5.75 Å². The monoisotopic (exact) mass is 848 g/mol. The van der Waals surface area contributed by atoms with Crippen molar-refractivity contribution in [1.29, 1.82) is 0 Å². The molecular formula is C44H58B2N8O8+2. The van der Waals surface area contributed by atoms with Gasteiger partial charge in [0.25, 0.3) is 0 Å². The first-order chi connectivity index (χ1) is 29.8. The van der Waals surface area contributed by atoms with E-state index in [2.05, 4.69) is 64.8 Å². The van der Waals surface area contributed by atoms with E-state index in [1.165, 1.54) is 0 Å². The van der Waals surface area contributed by atoms with Crippen molar-refractivity contribution in [3.05, 3.63) is 109 Å². The summed E-state index contributed by atoms with van der Waals surface area (Å²) in [5, 5.41) is 40.6. The van der Waals surface area contributed by atoms with Gasteiger partial charge in [-0.05, 0) is 68.3 Å². The Bertz CT molecular complexity index is 2390. The van der Waals surface area contributed by atoms with Crippen LogP contribution in [0.4, 0.5) is 0 Å². The third-order valence-electron chi connectivity index (χ3n) is 10.3. The van der Waals surface area contributed by atoms with E-state index in [0.29, 0.717) is 113 Å². The first-order valence-electron chi connectivity index (χ1n) is 21.0. The number of aromatic nitrogens is 4. The van der Waals surface area contributed by atoms with Crippen LogP contribution in [-0.4, -0.2) is 88.8 Å². The molecule has 0 atom stereocenters. The number of nitrogens with zero attached hydrogens (tertiary/aromatic N) is 4.